The van der Waals surface area contributed by atoms with E-state index in [9.17, 15) is 23.5 Å². The monoisotopic (exact) mass is 302 g/mol. The third-order valence-electron chi connectivity index (χ3n) is 2.52. The second kappa shape index (κ2) is 7.68. The van der Waals surface area contributed by atoms with Gasteiger partial charge in [0.25, 0.3) is 0 Å². The predicted octanol–water partition coefficient (Wildman–Crippen LogP) is 1.68. The summed E-state index contributed by atoms with van der Waals surface area (Å²) in [6.07, 6.45) is -3.48. The summed E-state index contributed by atoms with van der Waals surface area (Å²) in [5, 5.41) is 9.39. The number of esters is 2. The summed E-state index contributed by atoms with van der Waals surface area (Å²) in [6.45, 7) is 1.00. The Morgan fingerprint density at radius 2 is 1.86 bits per heavy atom. The molecule has 1 N–H and O–H groups in total. The summed E-state index contributed by atoms with van der Waals surface area (Å²) in [7, 11) is 0. The van der Waals surface area contributed by atoms with Gasteiger partial charge in [-0.25, -0.2) is 9.59 Å². The molecule has 1 aromatic rings. The van der Waals surface area contributed by atoms with Crippen LogP contribution in [0.4, 0.5) is 8.78 Å². The Balaban J connectivity index is 2.49. The van der Waals surface area contributed by atoms with E-state index in [1.165, 1.54) is 6.92 Å². The van der Waals surface area contributed by atoms with Crippen LogP contribution >= 0.6 is 0 Å². The highest BCUT2D eigenvalue weighted by atomic mass is 19.3. The molecule has 0 aliphatic rings. The highest BCUT2D eigenvalue weighted by Crippen LogP contribution is 2.23. The normalized spacial score (nSPS) is 12.6. The maximum absolute atomic E-state index is 13.3. The zero-order chi connectivity index (χ0) is 15.9. The molecule has 1 rings (SSSR count). The Hall–Kier alpha value is -2.02. The summed E-state index contributed by atoms with van der Waals surface area (Å²) in [5.41, 5.74) is 0.648. The zero-order valence-electron chi connectivity index (χ0n) is 11.4. The van der Waals surface area contributed by atoms with Crippen molar-refractivity contribution in [2.24, 2.45) is 0 Å². The van der Waals surface area contributed by atoms with Gasteiger partial charge in [-0.2, -0.15) is 8.78 Å². The van der Waals surface area contributed by atoms with Gasteiger partial charge in [-0.3, -0.25) is 0 Å². The van der Waals surface area contributed by atoms with Gasteiger partial charge < -0.3 is 14.6 Å². The van der Waals surface area contributed by atoms with E-state index < -0.39 is 30.4 Å². The van der Waals surface area contributed by atoms with Gasteiger partial charge in [0.1, 0.15) is 6.61 Å². The number of aliphatic hydroxyl groups excluding tert-OH is 1. The first kappa shape index (κ1) is 17.0. The van der Waals surface area contributed by atoms with Gasteiger partial charge in [0.2, 0.25) is 0 Å². The van der Waals surface area contributed by atoms with Crippen molar-refractivity contribution >= 4 is 11.9 Å². The van der Waals surface area contributed by atoms with Crippen LogP contribution in [0.3, 0.4) is 0 Å². The molecule has 0 bridgehead atoms. The fraction of sp³-hybridized carbons (Fsp3) is 0.429. The van der Waals surface area contributed by atoms with Crippen molar-refractivity contribution in [2.75, 3.05) is 6.61 Å². The molecule has 0 aliphatic carbocycles. The Kier molecular flexibility index (Phi) is 6.23. The summed E-state index contributed by atoms with van der Waals surface area (Å²) >= 11 is 0. The van der Waals surface area contributed by atoms with Crippen LogP contribution in [-0.4, -0.2) is 35.7 Å². The highest BCUT2D eigenvalue weighted by Gasteiger charge is 2.44. The zero-order valence-corrected chi connectivity index (χ0v) is 11.4. The molecule has 0 saturated heterocycles. The molecule has 0 fully saturated rings. The lowest BCUT2D eigenvalue weighted by Gasteiger charge is -2.17. The van der Waals surface area contributed by atoms with E-state index >= 15 is 0 Å². The van der Waals surface area contributed by atoms with Crippen LogP contribution in [0.1, 0.15) is 18.9 Å². The minimum atomic E-state index is -3.94. The van der Waals surface area contributed by atoms with Crippen molar-refractivity contribution in [1.29, 1.82) is 0 Å². The molecule has 21 heavy (non-hydrogen) atoms. The number of halogens is 2. The van der Waals surface area contributed by atoms with E-state index in [0.29, 0.717) is 5.56 Å². The third-order valence-corrected chi connectivity index (χ3v) is 2.52. The minimum absolute atomic E-state index is 0.151. The van der Waals surface area contributed by atoms with Gasteiger partial charge in [0.05, 0.1) is 13.0 Å². The highest BCUT2D eigenvalue weighted by molar-refractivity contribution is 5.80. The lowest BCUT2D eigenvalue weighted by atomic mass is 10.1. The molecule has 0 heterocycles. The number of hydrogen-bond acceptors (Lipinski definition) is 5. The lowest BCUT2D eigenvalue weighted by Crippen LogP contribution is -2.38. The number of alkyl halides is 2. The van der Waals surface area contributed by atoms with Gasteiger partial charge in [-0.05, 0) is 12.5 Å². The Bertz CT molecular complexity index is 476. The van der Waals surface area contributed by atoms with Crippen LogP contribution in [0.15, 0.2) is 30.3 Å². The lowest BCUT2D eigenvalue weighted by molar-refractivity contribution is -0.179. The fourth-order valence-corrected chi connectivity index (χ4v) is 1.47. The average molecular weight is 302 g/mol. The molecular formula is C14H16F2O5. The smallest absolute Gasteiger partial charge is 0.377 e. The molecule has 5 nitrogen and oxygen atoms in total. The summed E-state index contributed by atoms with van der Waals surface area (Å²) in [6, 6.07) is 8.54. The summed E-state index contributed by atoms with van der Waals surface area (Å²) in [5.74, 6) is -6.94. The number of hydrogen-bond donors (Lipinski definition) is 1. The minimum Gasteiger partial charge on any atom is -0.462 e. The maximum atomic E-state index is 13.3. The van der Waals surface area contributed by atoms with Crippen LogP contribution in [0.25, 0.3) is 0 Å². The van der Waals surface area contributed by atoms with E-state index in [0.717, 1.165) is 0 Å². The first-order chi connectivity index (χ1) is 9.86. The van der Waals surface area contributed by atoms with Crippen molar-refractivity contribution < 1.29 is 33.0 Å². The second-order valence-corrected chi connectivity index (χ2v) is 4.24. The second-order valence-electron chi connectivity index (χ2n) is 4.24. The van der Waals surface area contributed by atoms with Gasteiger partial charge in [-0.1, -0.05) is 30.3 Å². The Morgan fingerprint density at radius 1 is 1.24 bits per heavy atom. The molecule has 1 unspecified atom stereocenters. The fourth-order valence-electron chi connectivity index (χ4n) is 1.47. The predicted molar refractivity (Wildman–Crippen MR) is 68.4 cm³/mol. The molecule has 7 heteroatoms. The van der Waals surface area contributed by atoms with Gasteiger partial charge in [0.15, 0.2) is 6.10 Å². The van der Waals surface area contributed by atoms with E-state index in [1.807, 2.05) is 0 Å². The Morgan fingerprint density at radius 3 is 2.43 bits per heavy atom. The van der Waals surface area contributed by atoms with Crippen molar-refractivity contribution in [3.8, 4) is 0 Å². The molecule has 116 valence electrons. The van der Waals surface area contributed by atoms with E-state index in [-0.39, 0.29) is 13.2 Å². The van der Waals surface area contributed by atoms with E-state index in [1.54, 1.807) is 30.3 Å². The largest absolute Gasteiger partial charge is 0.462 e. The van der Waals surface area contributed by atoms with Crippen molar-refractivity contribution in [2.45, 2.75) is 32.0 Å². The number of ether oxygens (including phenoxy) is 2. The number of benzene rings is 1. The molecule has 1 aromatic carbocycles. The summed E-state index contributed by atoms with van der Waals surface area (Å²) < 4.78 is 35.5. The van der Waals surface area contributed by atoms with Crippen molar-refractivity contribution in [3.63, 3.8) is 0 Å². The van der Waals surface area contributed by atoms with E-state index in [4.69, 9.17) is 4.74 Å². The maximum Gasteiger partial charge on any atom is 0.377 e. The molecule has 0 aromatic heterocycles. The van der Waals surface area contributed by atoms with Crippen LogP contribution in [-0.2, 0) is 25.7 Å². The number of carbonyl (C=O) groups is 2. The first-order valence-electron chi connectivity index (χ1n) is 6.30. The van der Waals surface area contributed by atoms with Gasteiger partial charge >= 0.3 is 17.9 Å². The molecule has 0 aliphatic heterocycles. The third kappa shape index (κ3) is 5.47. The van der Waals surface area contributed by atoms with Crippen LogP contribution in [0, 0.1) is 0 Å². The number of rotatable bonds is 7. The molecule has 1 atom stereocenters. The standard InChI is InChI=1S/C14H16F2O5/c1-2-20-13(19)14(15,16)8-11(17)12(18)21-9-10-6-4-3-5-7-10/h3-7,11,17H,2,8-9H2,1H3. The molecule has 0 radical (unpaired) electrons. The SMILES string of the molecule is CCOC(=O)C(F)(F)CC(O)C(=O)OCc1ccccc1. The molecule has 0 amide bonds. The van der Waals surface area contributed by atoms with Crippen LogP contribution in [0.2, 0.25) is 0 Å². The molecule has 0 saturated carbocycles. The average Bonchev–Trinajstić information content (AvgIpc) is 2.45. The Labute approximate surface area is 120 Å². The summed E-state index contributed by atoms with van der Waals surface area (Å²) in [4.78, 5) is 22.4. The van der Waals surface area contributed by atoms with Gasteiger partial charge in [0, 0.05) is 0 Å². The van der Waals surface area contributed by atoms with Crippen LogP contribution < -0.4 is 0 Å². The number of aliphatic hydroxyl groups is 1. The number of carbonyl (C=O) groups excluding carboxylic acids is 2. The van der Waals surface area contributed by atoms with Crippen molar-refractivity contribution in [1.82, 2.24) is 0 Å². The van der Waals surface area contributed by atoms with Gasteiger partial charge in [-0.15, -0.1) is 0 Å². The van der Waals surface area contributed by atoms with E-state index in [2.05, 4.69) is 4.74 Å². The first-order valence-corrected chi connectivity index (χ1v) is 6.30. The topological polar surface area (TPSA) is 72.8 Å². The van der Waals surface area contributed by atoms with Crippen LogP contribution in [0.5, 0.6) is 0 Å². The quantitative estimate of drug-likeness (QED) is 0.776. The molecular weight excluding hydrogens is 286 g/mol. The molecule has 0 spiro atoms. The van der Waals surface area contributed by atoms with Crippen molar-refractivity contribution in [3.05, 3.63) is 35.9 Å².